The number of hydrogen-bond donors (Lipinski definition) is 0. The van der Waals surface area contributed by atoms with E-state index in [4.69, 9.17) is 4.42 Å². The summed E-state index contributed by atoms with van der Waals surface area (Å²) < 4.78 is 7.28. The average molecular weight is 320 g/mol. The van der Waals surface area contributed by atoms with Gasteiger partial charge in [-0.1, -0.05) is 17.8 Å². The molecule has 2 rings (SSSR count). The fourth-order valence-electron chi connectivity index (χ4n) is 2.06. The van der Waals surface area contributed by atoms with Crippen molar-refractivity contribution >= 4 is 17.7 Å². The number of aryl methyl sites for hydroxylation is 1. The van der Waals surface area contributed by atoms with Crippen molar-refractivity contribution in [1.29, 1.82) is 0 Å². The highest BCUT2D eigenvalue weighted by Crippen LogP contribution is 2.29. The lowest BCUT2D eigenvalue weighted by atomic mass is 10.2. The molecule has 1 atom stereocenters. The van der Waals surface area contributed by atoms with E-state index in [0.717, 1.165) is 17.1 Å². The van der Waals surface area contributed by atoms with Crippen molar-refractivity contribution in [3.63, 3.8) is 0 Å². The Balaban J connectivity index is 2.33. The van der Waals surface area contributed by atoms with Crippen LogP contribution in [0.25, 0.3) is 11.4 Å². The lowest BCUT2D eigenvalue weighted by molar-refractivity contribution is -0.127. The third kappa shape index (κ3) is 3.24. The molecular weight excluding hydrogens is 300 g/mol. The Morgan fingerprint density at radius 3 is 2.82 bits per heavy atom. The van der Waals surface area contributed by atoms with Gasteiger partial charge in [0.1, 0.15) is 5.76 Å². The van der Waals surface area contributed by atoms with Crippen LogP contribution in [0.5, 0.6) is 0 Å². The summed E-state index contributed by atoms with van der Waals surface area (Å²) in [5.74, 6) is 1.55. The number of carbonyl (C=O) groups excluding carboxylic acids is 1. The number of allylic oxidation sites excluding steroid dienone is 1. The molecule has 1 amide bonds. The Bertz CT molecular complexity index is 675. The first-order valence-electron chi connectivity index (χ1n) is 6.92. The van der Waals surface area contributed by atoms with E-state index in [1.54, 1.807) is 31.3 Å². The standard InChI is InChI=1S/C15H20N4O2S/c1-6-8-19-13(12-7-9-21-10(12)2)16-17-15(19)22-11(3)14(20)18(4)5/h6-7,9,11H,1,8H2,2-5H3. The van der Waals surface area contributed by atoms with Crippen LogP contribution in [0.15, 0.2) is 34.6 Å². The van der Waals surface area contributed by atoms with Gasteiger partial charge in [-0.3, -0.25) is 9.36 Å². The Hall–Kier alpha value is -2.02. The van der Waals surface area contributed by atoms with Crippen molar-refractivity contribution in [2.75, 3.05) is 14.1 Å². The Morgan fingerprint density at radius 2 is 2.27 bits per heavy atom. The Kier molecular flexibility index (Phi) is 5.07. The van der Waals surface area contributed by atoms with Crippen molar-refractivity contribution in [1.82, 2.24) is 19.7 Å². The van der Waals surface area contributed by atoms with Gasteiger partial charge < -0.3 is 9.32 Å². The van der Waals surface area contributed by atoms with E-state index in [2.05, 4.69) is 16.8 Å². The molecule has 2 aromatic heterocycles. The van der Waals surface area contributed by atoms with Crippen molar-refractivity contribution < 1.29 is 9.21 Å². The van der Waals surface area contributed by atoms with E-state index >= 15 is 0 Å². The first kappa shape index (κ1) is 16.4. The zero-order valence-electron chi connectivity index (χ0n) is 13.2. The fraction of sp³-hybridized carbons (Fsp3) is 0.400. The van der Waals surface area contributed by atoms with Gasteiger partial charge in [-0.05, 0) is 19.9 Å². The second-order valence-corrected chi connectivity index (χ2v) is 6.40. The van der Waals surface area contributed by atoms with Crippen LogP contribution in [0, 0.1) is 6.92 Å². The van der Waals surface area contributed by atoms with Crippen molar-refractivity contribution in [3.8, 4) is 11.4 Å². The third-order valence-corrected chi connectivity index (χ3v) is 4.27. The first-order valence-corrected chi connectivity index (χ1v) is 7.80. The van der Waals surface area contributed by atoms with Crippen molar-refractivity contribution in [3.05, 3.63) is 30.7 Å². The highest BCUT2D eigenvalue weighted by molar-refractivity contribution is 8.00. The van der Waals surface area contributed by atoms with Crippen LogP contribution in [0.2, 0.25) is 0 Å². The van der Waals surface area contributed by atoms with Crippen LogP contribution >= 0.6 is 11.8 Å². The second-order valence-electron chi connectivity index (χ2n) is 5.09. The molecule has 0 radical (unpaired) electrons. The van der Waals surface area contributed by atoms with Crippen LogP contribution < -0.4 is 0 Å². The molecule has 0 aliphatic carbocycles. The molecule has 0 aliphatic rings. The van der Waals surface area contributed by atoms with Crippen molar-refractivity contribution in [2.45, 2.75) is 30.8 Å². The number of furan rings is 1. The fourth-order valence-corrected chi connectivity index (χ4v) is 3.06. The summed E-state index contributed by atoms with van der Waals surface area (Å²) in [7, 11) is 3.49. The SMILES string of the molecule is C=CCn1c(SC(C)C(=O)N(C)C)nnc1-c1ccoc1C. The molecule has 6 nitrogen and oxygen atoms in total. The molecule has 1 unspecified atom stereocenters. The second kappa shape index (κ2) is 6.83. The summed E-state index contributed by atoms with van der Waals surface area (Å²) in [6, 6.07) is 1.86. The number of aromatic nitrogens is 3. The summed E-state index contributed by atoms with van der Waals surface area (Å²) in [5, 5.41) is 8.94. The molecule has 2 aromatic rings. The van der Waals surface area contributed by atoms with Crippen LogP contribution in [-0.2, 0) is 11.3 Å². The molecule has 0 bridgehead atoms. The largest absolute Gasteiger partial charge is 0.469 e. The number of hydrogen-bond acceptors (Lipinski definition) is 5. The van der Waals surface area contributed by atoms with Gasteiger partial charge in [0.2, 0.25) is 5.91 Å². The molecule has 2 heterocycles. The number of rotatable bonds is 6. The summed E-state index contributed by atoms with van der Waals surface area (Å²) in [5.41, 5.74) is 0.896. The molecule has 0 saturated carbocycles. The molecule has 22 heavy (non-hydrogen) atoms. The van der Waals surface area contributed by atoms with E-state index in [-0.39, 0.29) is 11.2 Å². The van der Waals surface area contributed by atoms with Crippen LogP contribution in [0.3, 0.4) is 0 Å². The summed E-state index contributed by atoms with van der Waals surface area (Å²) in [6.07, 6.45) is 3.41. The summed E-state index contributed by atoms with van der Waals surface area (Å²) in [4.78, 5) is 13.6. The molecule has 0 aromatic carbocycles. The van der Waals surface area contributed by atoms with E-state index < -0.39 is 0 Å². The van der Waals surface area contributed by atoms with E-state index in [0.29, 0.717) is 11.7 Å². The van der Waals surface area contributed by atoms with Gasteiger partial charge in [0.15, 0.2) is 11.0 Å². The smallest absolute Gasteiger partial charge is 0.235 e. The van der Waals surface area contributed by atoms with Gasteiger partial charge in [-0.15, -0.1) is 16.8 Å². The maximum atomic E-state index is 12.0. The molecule has 0 fully saturated rings. The summed E-state index contributed by atoms with van der Waals surface area (Å²) in [6.45, 7) is 8.09. The van der Waals surface area contributed by atoms with Crippen LogP contribution in [-0.4, -0.2) is 44.9 Å². The number of nitrogens with zero attached hydrogens (tertiary/aromatic N) is 4. The molecular formula is C15H20N4O2S. The number of thioether (sulfide) groups is 1. The maximum Gasteiger partial charge on any atom is 0.235 e. The van der Waals surface area contributed by atoms with E-state index in [9.17, 15) is 4.79 Å². The van der Waals surface area contributed by atoms with Gasteiger partial charge in [0.05, 0.1) is 17.1 Å². The molecule has 0 saturated heterocycles. The third-order valence-electron chi connectivity index (χ3n) is 3.20. The van der Waals surface area contributed by atoms with E-state index in [1.807, 2.05) is 24.5 Å². The summed E-state index contributed by atoms with van der Waals surface area (Å²) >= 11 is 1.39. The number of amides is 1. The quantitative estimate of drug-likeness (QED) is 0.605. The zero-order chi connectivity index (χ0) is 16.3. The Labute approximate surface area is 134 Å². The van der Waals surface area contributed by atoms with Crippen LogP contribution in [0.4, 0.5) is 0 Å². The predicted octanol–water partition coefficient (Wildman–Crippen LogP) is 2.60. The highest BCUT2D eigenvalue weighted by Gasteiger charge is 2.22. The van der Waals surface area contributed by atoms with Crippen LogP contribution in [0.1, 0.15) is 12.7 Å². The van der Waals surface area contributed by atoms with Gasteiger partial charge in [-0.2, -0.15) is 0 Å². The van der Waals surface area contributed by atoms with Gasteiger partial charge in [-0.25, -0.2) is 0 Å². The lowest BCUT2D eigenvalue weighted by Crippen LogP contribution is -2.29. The molecule has 0 spiro atoms. The Morgan fingerprint density at radius 1 is 1.55 bits per heavy atom. The minimum absolute atomic E-state index is 0.0409. The minimum Gasteiger partial charge on any atom is -0.469 e. The molecule has 118 valence electrons. The predicted molar refractivity (Wildman–Crippen MR) is 86.7 cm³/mol. The first-order chi connectivity index (χ1) is 10.5. The van der Waals surface area contributed by atoms with Gasteiger partial charge in [0.25, 0.3) is 0 Å². The normalized spacial score (nSPS) is 12.2. The monoisotopic (exact) mass is 320 g/mol. The minimum atomic E-state index is -0.235. The molecule has 0 N–H and O–H groups in total. The van der Waals surface area contributed by atoms with Gasteiger partial charge in [0, 0.05) is 20.6 Å². The van der Waals surface area contributed by atoms with Crippen molar-refractivity contribution in [2.24, 2.45) is 0 Å². The number of carbonyl (C=O) groups is 1. The molecule has 7 heteroatoms. The zero-order valence-corrected chi connectivity index (χ0v) is 14.1. The topological polar surface area (TPSA) is 64.2 Å². The molecule has 0 aliphatic heterocycles. The van der Waals surface area contributed by atoms with E-state index in [1.165, 1.54) is 11.8 Å². The maximum absolute atomic E-state index is 12.0. The van der Waals surface area contributed by atoms with Gasteiger partial charge >= 0.3 is 0 Å². The average Bonchev–Trinajstić information content (AvgIpc) is 3.05. The lowest BCUT2D eigenvalue weighted by Gasteiger charge is -2.16. The highest BCUT2D eigenvalue weighted by atomic mass is 32.2.